The van der Waals surface area contributed by atoms with E-state index in [1.165, 1.54) is 57.5 Å². The molecule has 38 heavy (non-hydrogen) atoms. The summed E-state index contributed by atoms with van der Waals surface area (Å²) in [6.07, 6.45) is 11.6. The van der Waals surface area contributed by atoms with Crippen LogP contribution in [0.2, 0.25) is 0 Å². The Kier molecular flexibility index (Phi) is 5.82. The molecule has 0 saturated heterocycles. The number of aryl methyl sites for hydroxylation is 1. The van der Waals surface area contributed by atoms with E-state index in [0.717, 1.165) is 31.4 Å². The highest BCUT2D eigenvalue weighted by molar-refractivity contribution is 5.89. The van der Waals surface area contributed by atoms with Crippen LogP contribution in [0.25, 0.3) is 22.4 Å². The van der Waals surface area contributed by atoms with Gasteiger partial charge in [-0.15, -0.1) is 0 Å². The van der Waals surface area contributed by atoms with E-state index in [2.05, 4.69) is 61.6 Å². The predicted molar refractivity (Wildman–Crippen MR) is 153 cm³/mol. The molecule has 2 aromatic carbocycles. The molecule has 1 N–H and O–H groups in total. The quantitative estimate of drug-likeness (QED) is 0.308. The lowest BCUT2D eigenvalue weighted by molar-refractivity contribution is 0.0697. The highest BCUT2D eigenvalue weighted by Gasteiger charge is 2.38. The molecular weight excluding hydrogens is 468 g/mol. The van der Waals surface area contributed by atoms with Crippen molar-refractivity contribution >= 4 is 5.97 Å². The maximum Gasteiger partial charge on any atom is 0.335 e. The first-order valence-electron chi connectivity index (χ1n) is 13.8. The number of carboxylic acid groups (broad SMARTS) is 1. The molecule has 0 amide bonds. The molecule has 0 unspecified atom stereocenters. The van der Waals surface area contributed by atoms with Crippen LogP contribution >= 0.6 is 0 Å². The third-order valence-electron chi connectivity index (χ3n) is 8.91. The highest BCUT2D eigenvalue weighted by Crippen LogP contribution is 2.49. The van der Waals surface area contributed by atoms with Gasteiger partial charge >= 0.3 is 5.97 Å². The number of fused-ring (bicyclic) bond motifs is 4. The van der Waals surface area contributed by atoms with Gasteiger partial charge < -0.3 is 9.67 Å². The van der Waals surface area contributed by atoms with Crippen LogP contribution < -0.4 is 0 Å². The number of rotatable bonds is 4. The monoisotopic (exact) mass is 504 g/mol. The molecule has 0 radical (unpaired) electrons. The number of pyridine rings is 1. The zero-order valence-electron chi connectivity index (χ0n) is 22.8. The van der Waals surface area contributed by atoms with Crippen molar-refractivity contribution in [2.75, 3.05) is 0 Å². The SMILES string of the molecule is CC1(C)CCC(C)(C)c2cc3c(cc21)CCCc1c(-c2ccc(C(=O)O)cc2)cn(Cc2cccnc2)c1-3. The fourth-order valence-electron chi connectivity index (χ4n) is 6.57. The van der Waals surface area contributed by atoms with Gasteiger partial charge in [-0.3, -0.25) is 4.98 Å². The van der Waals surface area contributed by atoms with Crippen molar-refractivity contribution in [3.05, 3.63) is 101 Å². The average Bonchev–Trinajstić information content (AvgIpc) is 3.13. The molecule has 0 aliphatic heterocycles. The lowest BCUT2D eigenvalue weighted by atomic mass is 9.62. The second-order valence-corrected chi connectivity index (χ2v) is 12.4. The molecule has 2 aliphatic rings. The van der Waals surface area contributed by atoms with Gasteiger partial charge in [0.1, 0.15) is 0 Å². The number of carbonyl (C=O) groups is 1. The summed E-state index contributed by atoms with van der Waals surface area (Å²) >= 11 is 0. The van der Waals surface area contributed by atoms with Crippen molar-refractivity contribution in [2.45, 2.75) is 77.2 Å². The molecule has 0 spiro atoms. The molecule has 4 nitrogen and oxygen atoms in total. The minimum Gasteiger partial charge on any atom is -0.478 e. The Balaban J connectivity index is 1.59. The molecule has 4 heteroatoms. The van der Waals surface area contributed by atoms with Gasteiger partial charge in [-0.1, -0.05) is 52.0 Å². The minimum atomic E-state index is -0.895. The maximum atomic E-state index is 11.5. The molecule has 2 heterocycles. The molecule has 6 rings (SSSR count). The van der Waals surface area contributed by atoms with Gasteiger partial charge in [0.25, 0.3) is 0 Å². The van der Waals surface area contributed by atoms with Crippen molar-refractivity contribution in [2.24, 2.45) is 0 Å². The lowest BCUT2D eigenvalue weighted by Crippen LogP contribution is -2.34. The topological polar surface area (TPSA) is 55.1 Å². The van der Waals surface area contributed by atoms with Crippen LogP contribution in [0.5, 0.6) is 0 Å². The van der Waals surface area contributed by atoms with Crippen LogP contribution in [0.1, 0.15) is 85.1 Å². The summed E-state index contributed by atoms with van der Waals surface area (Å²) in [5, 5.41) is 9.42. The zero-order valence-corrected chi connectivity index (χ0v) is 22.8. The summed E-state index contributed by atoms with van der Waals surface area (Å²) < 4.78 is 2.41. The largest absolute Gasteiger partial charge is 0.478 e. The van der Waals surface area contributed by atoms with Crippen LogP contribution in [0.3, 0.4) is 0 Å². The van der Waals surface area contributed by atoms with E-state index >= 15 is 0 Å². The van der Waals surface area contributed by atoms with Crippen LogP contribution in [-0.4, -0.2) is 20.6 Å². The van der Waals surface area contributed by atoms with Crippen molar-refractivity contribution in [3.8, 4) is 22.4 Å². The third-order valence-corrected chi connectivity index (χ3v) is 8.91. The number of nitrogens with zero attached hydrogens (tertiary/aromatic N) is 2. The average molecular weight is 505 g/mol. The van der Waals surface area contributed by atoms with Crippen molar-refractivity contribution in [1.82, 2.24) is 9.55 Å². The van der Waals surface area contributed by atoms with Crippen LogP contribution in [-0.2, 0) is 30.2 Å². The smallest absolute Gasteiger partial charge is 0.335 e. The molecule has 0 fully saturated rings. The molecule has 0 saturated carbocycles. The summed E-state index contributed by atoms with van der Waals surface area (Å²) in [5.41, 5.74) is 12.6. The van der Waals surface area contributed by atoms with E-state index in [4.69, 9.17) is 0 Å². The molecule has 4 aromatic rings. The van der Waals surface area contributed by atoms with E-state index in [1.807, 2.05) is 30.6 Å². The molecule has 2 aromatic heterocycles. The minimum absolute atomic E-state index is 0.141. The van der Waals surface area contributed by atoms with Gasteiger partial charge in [-0.05, 0) is 101 Å². The highest BCUT2D eigenvalue weighted by atomic mass is 16.4. The normalized spacial score (nSPS) is 17.2. The van der Waals surface area contributed by atoms with Crippen LogP contribution in [0, 0.1) is 0 Å². The second-order valence-electron chi connectivity index (χ2n) is 12.4. The first kappa shape index (κ1) is 24.7. The van der Waals surface area contributed by atoms with Crippen molar-refractivity contribution in [3.63, 3.8) is 0 Å². The molecule has 194 valence electrons. The Hall–Kier alpha value is -3.66. The molecule has 0 bridgehead atoms. The van der Waals surface area contributed by atoms with Gasteiger partial charge in [0, 0.05) is 36.3 Å². The Morgan fingerprint density at radius 1 is 0.947 bits per heavy atom. The molecular formula is C34H36N2O2. The zero-order chi connectivity index (χ0) is 26.7. The van der Waals surface area contributed by atoms with Gasteiger partial charge in [-0.2, -0.15) is 0 Å². The fraction of sp³-hybridized carbons (Fsp3) is 0.353. The summed E-state index contributed by atoms with van der Waals surface area (Å²) in [4.78, 5) is 15.8. The summed E-state index contributed by atoms with van der Waals surface area (Å²) in [6, 6.07) is 16.5. The Morgan fingerprint density at radius 3 is 2.32 bits per heavy atom. The molecule has 2 aliphatic carbocycles. The van der Waals surface area contributed by atoms with E-state index in [-0.39, 0.29) is 10.8 Å². The van der Waals surface area contributed by atoms with Gasteiger partial charge in [0.05, 0.1) is 11.3 Å². The van der Waals surface area contributed by atoms with Gasteiger partial charge in [0.15, 0.2) is 0 Å². The van der Waals surface area contributed by atoms with E-state index in [0.29, 0.717) is 5.56 Å². The first-order chi connectivity index (χ1) is 18.1. The lowest BCUT2D eigenvalue weighted by Gasteiger charge is -2.42. The van der Waals surface area contributed by atoms with E-state index < -0.39 is 5.97 Å². The van der Waals surface area contributed by atoms with E-state index in [1.54, 1.807) is 12.1 Å². The predicted octanol–water partition coefficient (Wildman–Crippen LogP) is 7.80. The van der Waals surface area contributed by atoms with Crippen LogP contribution in [0.4, 0.5) is 0 Å². The summed E-state index contributed by atoms with van der Waals surface area (Å²) in [5.74, 6) is -0.895. The Labute approximate surface area is 225 Å². The maximum absolute atomic E-state index is 11.5. The number of hydrogen-bond donors (Lipinski definition) is 1. The van der Waals surface area contributed by atoms with Crippen molar-refractivity contribution in [1.29, 1.82) is 0 Å². The number of carboxylic acids is 1. The Morgan fingerprint density at radius 2 is 1.66 bits per heavy atom. The fourth-order valence-corrected chi connectivity index (χ4v) is 6.57. The number of aromatic nitrogens is 2. The van der Waals surface area contributed by atoms with Gasteiger partial charge in [-0.25, -0.2) is 4.79 Å². The second kappa shape index (κ2) is 8.97. The first-order valence-corrected chi connectivity index (χ1v) is 13.8. The summed E-state index contributed by atoms with van der Waals surface area (Å²) in [7, 11) is 0. The standard InChI is InChI=1S/C34H36N2O2/c1-33(2)14-15-34(3,4)30-18-27-25(17-29(30)33)8-5-9-26-28(23-10-12-24(13-11-23)32(37)38)21-36(31(26)27)20-22-7-6-16-35-19-22/h6-7,10-13,16-19,21H,5,8-9,14-15,20H2,1-4H3,(H,37,38). The summed E-state index contributed by atoms with van der Waals surface area (Å²) in [6.45, 7) is 10.3. The van der Waals surface area contributed by atoms with E-state index in [9.17, 15) is 9.90 Å². The van der Waals surface area contributed by atoms with Crippen molar-refractivity contribution < 1.29 is 9.90 Å². The number of benzene rings is 2. The van der Waals surface area contributed by atoms with Gasteiger partial charge in [0.2, 0.25) is 0 Å². The number of hydrogen-bond acceptors (Lipinski definition) is 2. The Bertz CT molecular complexity index is 1530. The third kappa shape index (κ3) is 4.16. The number of aromatic carboxylic acids is 1. The van der Waals surface area contributed by atoms with Crippen LogP contribution in [0.15, 0.2) is 67.1 Å². The molecule has 0 atom stereocenters.